The maximum atomic E-state index is 13.9. The molecule has 5 rings (SSSR count). The topological polar surface area (TPSA) is 137 Å². The van der Waals surface area contributed by atoms with Crippen molar-refractivity contribution in [3.8, 4) is 0 Å². The lowest BCUT2D eigenvalue weighted by molar-refractivity contribution is -0.152. The molecule has 3 fully saturated rings. The Hall–Kier alpha value is -3.73. The molecule has 1 spiro atoms. The van der Waals surface area contributed by atoms with Gasteiger partial charge in [-0.15, -0.1) is 0 Å². The van der Waals surface area contributed by atoms with Crippen molar-refractivity contribution in [2.75, 3.05) is 33.2 Å². The summed E-state index contributed by atoms with van der Waals surface area (Å²) in [6.45, 7) is 7.66. The van der Waals surface area contributed by atoms with Crippen molar-refractivity contribution < 1.29 is 23.9 Å². The number of carbonyl (C=O) groups excluding carboxylic acids is 4. The number of rotatable bonds is 10. The van der Waals surface area contributed by atoms with Crippen LogP contribution in [0.25, 0.3) is 0 Å². The number of hydrogen-bond acceptors (Lipinski definition) is 6. The monoisotopic (exact) mass is 564 g/mol. The summed E-state index contributed by atoms with van der Waals surface area (Å²) < 4.78 is 5.99. The third-order valence-corrected chi connectivity index (χ3v) is 9.01. The van der Waals surface area contributed by atoms with Crippen LogP contribution in [0.1, 0.15) is 38.3 Å². The van der Waals surface area contributed by atoms with E-state index in [1.165, 1.54) is 7.05 Å². The van der Waals surface area contributed by atoms with Crippen molar-refractivity contribution in [2.45, 2.75) is 52.4 Å². The van der Waals surface area contributed by atoms with Crippen molar-refractivity contribution in [3.63, 3.8) is 0 Å². The Kier molecular flexibility index (Phi) is 7.91. The number of benzene rings is 1. The van der Waals surface area contributed by atoms with Gasteiger partial charge in [0, 0.05) is 50.8 Å². The van der Waals surface area contributed by atoms with Gasteiger partial charge in [-0.1, -0.05) is 44.2 Å². The largest absolute Gasteiger partial charge is 0.371 e. The molecule has 1 aliphatic carbocycles. The van der Waals surface area contributed by atoms with Gasteiger partial charge in [0.1, 0.15) is 6.04 Å². The molecule has 3 heterocycles. The Labute approximate surface area is 240 Å². The van der Waals surface area contributed by atoms with Gasteiger partial charge in [0.15, 0.2) is 0 Å². The zero-order valence-electron chi connectivity index (χ0n) is 24.2. The van der Waals surface area contributed by atoms with Crippen LogP contribution in [0.2, 0.25) is 0 Å². The lowest BCUT2D eigenvalue weighted by atomic mass is 9.70. The van der Waals surface area contributed by atoms with E-state index in [2.05, 4.69) is 34.7 Å². The minimum atomic E-state index is -0.922. The number of amides is 4. The summed E-state index contributed by atoms with van der Waals surface area (Å²) in [6.07, 6.45) is 3.72. The van der Waals surface area contributed by atoms with E-state index in [9.17, 15) is 19.2 Å². The molecule has 1 saturated carbocycles. The van der Waals surface area contributed by atoms with Crippen LogP contribution in [0.5, 0.6) is 0 Å². The number of likely N-dealkylation sites (tertiary alicyclic amines) is 2. The van der Waals surface area contributed by atoms with Gasteiger partial charge in [-0.2, -0.15) is 5.10 Å². The molecule has 2 aromatic rings. The molecule has 0 bridgehead atoms. The molecule has 1 aromatic heterocycles. The predicted molar refractivity (Wildman–Crippen MR) is 150 cm³/mol. The summed E-state index contributed by atoms with van der Waals surface area (Å²) in [7, 11) is 1.52. The van der Waals surface area contributed by atoms with E-state index in [-0.39, 0.29) is 47.9 Å². The molecule has 220 valence electrons. The summed E-state index contributed by atoms with van der Waals surface area (Å²) in [6, 6.07) is 8.69. The first-order chi connectivity index (χ1) is 19.5. The minimum Gasteiger partial charge on any atom is -0.371 e. The van der Waals surface area contributed by atoms with Crippen molar-refractivity contribution in [2.24, 2.45) is 22.7 Å². The number of carbonyl (C=O) groups is 4. The van der Waals surface area contributed by atoms with Gasteiger partial charge in [0.2, 0.25) is 23.6 Å². The van der Waals surface area contributed by atoms with Gasteiger partial charge in [-0.05, 0) is 29.9 Å². The van der Waals surface area contributed by atoms with E-state index < -0.39 is 23.5 Å². The number of likely N-dealkylation sites (N-methyl/N-ethyl adjacent to an activating group) is 1. The fourth-order valence-corrected chi connectivity index (χ4v) is 6.18. The van der Waals surface area contributed by atoms with E-state index >= 15 is 0 Å². The molecule has 11 nitrogen and oxygen atoms in total. The van der Waals surface area contributed by atoms with E-state index in [0.29, 0.717) is 26.2 Å². The fraction of sp³-hybridized carbons (Fsp3) is 0.567. The van der Waals surface area contributed by atoms with E-state index in [4.69, 9.17) is 4.74 Å². The highest BCUT2D eigenvalue weighted by atomic mass is 16.5. The molecule has 0 unspecified atom stereocenters. The summed E-state index contributed by atoms with van der Waals surface area (Å²) in [4.78, 5) is 56.6. The van der Waals surface area contributed by atoms with Crippen molar-refractivity contribution in [3.05, 3.63) is 53.9 Å². The molecule has 0 radical (unpaired) electrons. The maximum Gasteiger partial charge on any atom is 0.245 e. The zero-order valence-corrected chi connectivity index (χ0v) is 24.2. The Balaban J connectivity index is 1.29. The smallest absolute Gasteiger partial charge is 0.245 e. The van der Waals surface area contributed by atoms with E-state index in [0.717, 1.165) is 17.5 Å². The first kappa shape index (κ1) is 28.8. The quantitative estimate of drug-likeness (QED) is 0.396. The molecular formula is C30H40N6O5. The van der Waals surface area contributed by atoms with Crippen LogP contribution in [0.3, 0.4) is 0 Å². The predicted octanol–water partition coefficient (Wildman–Crippen LogP) is 1.12. The Morgan fingerprint density at radius 1 is 1.07 bits per heavy atom. The second-order valence-electron chi connectivity index (χ2n) is 12.5. The van der Waals surface area contributed by atoms with Gasteiger partial charge < -0.3 is 25.2 Å². The number of aromatic amines is 1. The lowest BCUT2D eigenvalue weighted by Crippen LogP contribution is -2.65. The number of ether oxygens (including phenoxy) is 1. The molecule has 41 heavy (non-hydrogen) atoms. The summed E-state index contributed by atoms with van der Waals surface area (Å²) in [5, 5.41) is 12.2. The van der Waals surface area contributed by atoms with Gasteiger partial charge in [-0.3, -0.25) is 24.3 Å². The minimum absolute atomic E-state index is 0.00704. The number of hydrogen-bond donors (Lipinski definition) is 3. The molecule has 2 aliphatic heterocycles. The number of H-pyrrole nitrogens is 1. The van der Waals surface area contributed by atoms with Gasteiger partial charge >= 0.3 is 0 Å². The van der Waals surface area contributed by atoms with Crippen LogP contribution < -0.4 is 10.6 Å². The molecule has 4 amide bonds. The Bertz CT molecular complexity index is 1270. The van der Waals surface area contributed by atoms with Crippen molar-refractivity contribution in [1.82, 2.24) is 30.6 Å². The molecular weight excluding hydrogens is 524 g/mol. The second kappa shape index (κ2) is 11.3. The molecule has 1 aromatic carbocycles. The van der Waals surface area contributed by atoms with Crippen molar-refractivity contribution >= 4 is 23.6 Å². The van der Waals surface area contributed by atoms with Gasteiger partial charge in [0.25, 0.3) is 0 Å². The number of nitrogens with one attached hydrogen (secondary N) is 3. The average Bonchev–Trinajstić information content (AvgIpc) is 3.29. The highest BCUT2D eigenvalue weighted by molar-refractivity contribution is 5.91. The van der Waals surface area contributed by atoms with E-state index in [1.54, 1.807) is 24.2 Å². The Morgan fingerprint density at radius 3 is 2.37 bits per heavy atom. The molecule has 3 aliphatic rings. The third kappa shape index (κ3) is 6.00. The molecule has 11 heteroatoms. The zero-order chi connectivity index (χ0) is 29.4. The van der Waals surface area contributed by atoms with Crippen LogP contribution in [0, 0.1) is 22.7 Å². The van der Waals surface area contributed by atoms with E-state index in [1.807, 2.05) is 35.2 Å². The highest BCUT2D eigenvalue weighted by Gasteiger charge is 2.62. The Morgan fingerprint density at radius 2 is 1.76 bits per heavy atom. The van der Waals surface area contributed by atoms with Crippen LogP contribution in [-0.4, -0.2) is 89.0 Å². The second-order valence-corrected chi connectivity index (χ2v) is 12.5. The van der Waals surface area contributed by atoms with Gasteiger partial charge in [-0.25, -0.2) is 0 Å². The van der Waals surface area contributed by atoms with Crippen LogP contribution in [0.15, 0.2) is 42.7 Å². The first-order valence-electron chi connectivity index (χ1n) is 14.2. The summed E-state index contributed by atoms with van der Waals surface area (Å²) >= 11 is 0. The van der Waals surface area contributed by atoms with Crippen molar-refractivity contribution in [1.29, 1.82) is 0 Å². The normalized spacial score (nSPS) is 23.4. The summed E-state index contributed by atoms with van der Waals surface area (Å²) in [5.41, 5.74) is 1.17. The molecule has 2 saturated heterocycles. The standard InChI is InChI=1S/C30H40N6O5/c1-19(41-15-20-8-6-5-7-9-20)25(27(39)31-4)34-26(38)23-14-35(24(37)10-21-12-32-33-13-21)16-30(23)17-36(18-30)28(40)22-11-29(22,2)3/h5-9,12-13,19,22-23,25H,10-11,14-18H2,1-4H3,(H,31,39)(H,32,33)(H,34,38)/t19-,22-,23+,25+/m1/s1. The average molecular weight is 565 g/mol. The fourth-order valence-electron chi connectivity index (χ4n) is 6.18. The highest BCUT2D eigenvalue weighted by Crippen LogP contribution is 2.54. The number of aromatic nitrogens is 2. The lowest BCUT2D eigenvalue weighted by Gasteiger charge is -2.50. The SMILES string of the molecule is CNC(=O)[C@@H](NC(=O)[C@@H]1CN(C(=O)Cc2cn[nH]c2)CC12CN(C(=O)[C@H]1CC1(C)C)C2)[C@@H](C)OCc1ccccc1. The first-order valence-corrected chi connectivity index (χ1v) is 14.2. The maximum absolute atomic E-state index is 13.9. The third-order valence-electron chi connectivity index (χ3n) is 9.01. The van der Waals surface area contributed by atoms with Crippen LogP contribution in [0.4, 0.5) is 0 Å². The van der Waals surface area contributed by atoms with Crippen LogP contribution >= 0.6 is 0 Å². The number of nitrogens with zero attached hydrogens (tertiary/aromatic N) is 3. The van der Waals surface area contributed by atoms with Crippen LogP contribution in [-0.2, 0) is 36.9 Å². The molecule has 3 N–H and O–H groups in total. The summed E-state index contributed by atoms with van der Waals surface area (Å²) in [5.74, 6) is -1.22. The van der Waals surface area contributed by atoms with Gasteiger partial charge in [0.05, 0.1) is 31.2 Å². The molecule has 4 atom stereocenters.